The summed E-state index contributed by atoms with van der Waals surface area (Å²) >= 11 is 5.73. The molecule has 6 heteroatoms. The first kappa shape index (κ1) is 15.3. The number of benzene rings is 1. The number of carboxylic acid groups (broad SMARTS) is 1. The van der Waals surface area contributed by atoms with Gasteiger partial charge in [0.15, 0.2) is 0 Å². The Bertz CT molecular complexity index is 433. The molecule has 0 spiro atoms. The minimum Gasteiger partial charge on any atom is -0.493 e. The predicted molar refractivity (Wildman–Crippen MR) is 71.5 cm³/mol. The Morgan fingerprint density at radius 3 is 2.47 bits per heavy atom. The lowest BCUT2D eigenvalue weighted by molar-refractivity contribution is -0.138. The highest BCUT2D eigenvalue weighted by Crippen LogP contribution is 2.15. The van der Waals surface area contributed by atoms with Crippen molar-refractivity contribution in [3.63, 3.8) is 0 Å². The number of ether oxygens (including phenoxy) is 1. The zero-order valence-corrected chi connectivity index (χ0v) is 11.4. The van der Waals surface area contributed by atoms with Crippen molar-refractivity contribution < 1.29 is 19.4 Å². The van der Waals surface area contributed by atoms with Gasteiger partial charge in [-0.2, -0.15) is 0 Å². The smallest absolute Gasteiger partial charge is 0.305 e. The SMILES string of the molecule is CN(CCC(=O)O)C(=O)CCOc1ccc(Cl)cc1. The lowest BCUT2D eigenvalue weighted by Gasteiger charge is -2.16. The Morgan fingerprint density at radius 1 is 1.26 bits per heavy atom. The Hall–Kier alpha value is -1.75. The van der Waals surface area contributed by atoms with Gasteiger partial charge in [-0.15, -0.1) is 0 Å². The van der Waals surface area contributed by atoms with Crippen LogP contribution in [0.25, 0.3) is 0 Å². The maximum Gasteiger partial charge on any atom is 0.305 e. The van der Waals surface area contributed by atoms with Crippen molar-refractivity contribution in [1.82, 2.24) is 4.90 Å². The van der Waals surface area contributed by atoms with Crippen LogP contribution in [0.4, 0.5) is 0 Å². The molecule has 0 saturated heterocycles. The van der Waals surface area contributed by atoms with Crippen LogP contribution in [-0.2, 0) is 9.59 Å². The van der Waals surface area contributed by atoms with Crippen molar-refractivity contribution in [3.8, 4) is 5.75 Å². The van der Waals surface area contributed by atoms with Crippen molar-refractivity contribution in [2.75, 3.05) is 20.2 Å². The number of carbonyl (C=O) groups is 2. The summed E-state index contributed by atoms with van der Waals surface area (Å²) in [6.45, 7) is 0.451. The van der Waals surface area contributed by atoms with E-state index in [1.807, 2.05) is 0 Å². The summed E-state index contributed by atoms with van der Waals surface area (Å²) in [4.78, 5) is 23.4. The van der Waals surface area contributed by atoms with E-state index in [1.165, 1.54) is 4.90 Å². The molecule has 0 heterocycles. The highest BCUT2D eigenvalue weighted by atomic mass is 35.5. The summed E-state index contributed by atoms with van der Waals surface area (Å²) < 4.78 is 5.38. The molecule has 0 unspecified atom stereocenters. The summed E-state index contributed by atoms with van der Waals surface area (Å²) in [6.07, 6.45) is 0.152. The molecule has 104 valence electrons. The van der Waals surface area contributed by atoms with E-state index in [2.05, 4.69) is 0 Å². The molecule has 1 aromatic carbocycles. The minimum atomic E-state index is -0.919. The zero-order valence-electron chi connectivity index (χ0n) is 10.6. The van der Waals surface area contributed by atoms with Crippen LogP contribution in [0.1, 0.15) is 12.8 Å². The number of nitrogens with zero attached hydrogens (tertiary/aromatic N) is 1. The van der Waals surface area contributed by atoms with Crippen molar-refractivity contribution in [2.45, 2.75) is 12.8 Å². The average Bonchev–Trinajstić information content (AvgIpc) is 2.38. The van der Waals surface area contributed by atoms with Crippen molar-refractivity contribution in [2.24, 2.45) is 0 Å². The average molecular weight is 286 g/mol. The molecule has 0 fully saturated rings. The number of hydrogen-bond donors (Lipinski definition) is 1. The van der Waals surface area contributed by atoms with Crippen LogP contribution in [0.2, 0.25) is 5.02 Å². The monoisotopic (exact) mass is 285 g/mol. The summed E-state index contributed by atoms with van der Waals surface area (Å²) in [5.41, 5.74) is 0. The Kier molecular flexibility index (Phi) is 6.15. The van der Waals surface area contributed by atoms with Gasteiger partial charge in [0.25, 0.3) is 0 Å². The molecular formula is C13H16ClNO4. The first-order valence-corrected chi connectivity index (χ1v) is 6.21. The van der Waals surface area contributed by atoms with E-state index in [0.29, 0.717) is 10.8 Å². The molecule has 1 rings (SSSR count). The van der Waals surface area contributed by atoms with E-state index in [4.69, 9.17) is 21.4 Å². The Balaban J connectivity index is 2.26. The molecule has 0 radical (unpaired) electrons. The van der Waals surface area contributed by atoms with E-state index < -0.39 is 5.97 Å². The lowest BCUT2D eigenvalue weighted by atomic mass is 10.3. The van der Waals surface area contributed by atoms with Crippen molar-refractivity contribution in [1.29, 1.82) is 0 Å². The van der Waals surface area contributed by atoms with Crippen LogP contribution >= 0.6 is 11.6 Å². The van der Waals surface area contributed by atoms with Gasteiger partial charge in [-0.05, 0) is 24.3 Å². The fraction of sp³-hybridized carbons (Fsp3) is 0.385. The quantitative estimate of drug-likeness (QED) is 0.832. The van der Waals surface area contributed by atoms with E-state index in [1.54, 1.807) is 31.3 Å². The van der Waals surface area contributed by atoms with Crippen molar-refractivity contribution in [3.05, 3.63) is 29.3 Å². The number of aliphatic carboxylic acids is 1. The first-order valence-electron chi connectivity index (χ1n) is 5.83. The van der Waals surface area contributed by atoms with Crippen LogP contribution < -0.4 is 4.74 Å². The van der Waals surface area contributed by atoms with Gasteiger partial charge in [0.05, 0.1) is 19.4 Å². The van der Waals surface area contributed by atoms with E-state index in [-0.39, 0.29) is 31.9 Å². The number of amides is 1. The van der Waals surface area contributed by atoms with Gasteiger partial charge in [-0.3, -0.25) is 9.59 Å². The molecule has 19 heavy (non-hydrogen) atoms. The number of hydrogen-bond acceptors (Lipinski definition) is 3. The highest BCUT2D eigenvalue weighted by molar-refractivity contribution is 6.30. The zero-order chi connectivity index (χ0) is 14.3. The maximum atomic E-state index is 11.6. The fourth-order valence-corrected chi connectivity index (χ4v) is 1.49. The standard InChI is InChI=1S/C13H16ClNO4/c1-15(8-6-13(17)18)12(16)7-9-19-11-4-2-10(14)3-5-11/h2-5H,6-9H2,1H3,(H,17,18). The molecule has 0 aliphatic rings. The largest absolute Gasteiger partial charge is 0.493 e. The van der Waals surface area contributed by atoms with Gasteiger partial charge < -0.3 is 14.7 Å². The second kappa shape index (κ2) is 7.63. The second-order valence-electron chi connectivity index (χ2n) is 4.01. The maximum absolute atomic E-state index is 11.6. The van der Waals surface area contributed by atoms with Gasteiger partial charge >= 0.3 is 5.97 Å². The van der Waals surface area contributed by atoms with E-state index in [9.17, 15) is 9.59 Å². The topological polar surface area (TPSA) is 66.8 Å². The number of halogens is 1. The molecule has 1 amide bonds. The summed E-state index contributed by atoms with van der Waals surface area (Å²) in [5.74, 6) is -0.419. The molecule has 0 aliphatic heterocycles. The molecule has 5 nitrogen and oxygen atoms in total. The molecule has 0 aromatic heterocycles. The Morgan fingerprint density at radius 2 is 1.89 bits per heavy atom. The molecule has 0 aliphatic carbocycles. The third kappa shape index (κ3) is 6.10. The summed E-state index contributed by atoms with van der Waals surface area (Å²) in [7, 11) is 1.58. The molecule has 0 atom stereocenters. The summed E-state index contributed by atoms with van der Waals surface area (Å²) in [6, 6.07) is 6.86. The van der Waals surface area contributed by atoms with Gasteiger partial charge in [0.2, 0.25) is 5.91 Å². The molecular weight excluding hydrogens is 270 g/mol. The second-order valence-corrected chi connectivity index (χ2v) is 4.45. The van der Waals surface area contributed by atoms with Gasteiger partial charge in [0.1, 0.15) is 5.75 Å². The van der Waals surface area contributed by atoms with Gasteiger partial charge in [0, 0.05) is 18.6 Å². The molecule has 0 saturated carbocycles. The third-order valence-corrected chi connectivity index (χ3v) is 2.74. The molecule has 0 bridgehead atoms. The predicted octanol–water partition coefficient (Wildman–Crippen LogP) is 2.04. The molecule has 1 aromatic rings. The Labute approximate surface area is 116 Å². The number of rotatable bonds is 7. The van der Waals surface area contributed by atoms with Crippen molar-refractivity contribution >= 4 is 23.5 Å². The fourth-order valence-electron chi connectivity index (χ4n) is 1.37. The summed E-state index contributed by atoms with van der Waals surface area (Å²) in [5, 5.41) is 9.14. The van der Waals surface area contributed by atoms with Crippen LogP contribution in [0, 0.1) is 0 Å². The first-order chi connectivity index (χ1) is 8.99. The van der Waals surface area contributed by atoms with Crippen LogP contribution in [0.5, 0.6) is 5.75 Å². The lowest BCUT2D eigenvalue weighted by Crippen LogP contribution is -2.30. The van der Waals surface area contributed by atoms with E-state index >= 15 is 0 Å². The molecule has 1 N–H and O–H groups in total. The minimum absolute atomic E-state index is 0.0553. The van der Waals surface area contributed by atoms with Crippen LogP contribution in [0.3, 0.4) is 0 Å². The van der Waals surface area contributed by atoms with Crippen LogP contribution in [0.15, 0.2) is 24.3 Å². The van der Waals surface area contributed by atoms with Gasteiger partial charge in [-0.25, -0.2) is 0 Å². The highest BCUT2D eigenvalue weighted by Gasteiger charge is 2.10. The number of carbonyl (C=O) groups excluding carboxylic acids is 1. The number of carboxylic acids is 1. The van der Waals surface area contributed by atoms with E-state index in [0.717, 1.165) is 0 Å². The van der Waals surface area contributed by atoms with Gasteiger partial charge in [-0.1, -0.05) is 11.6 Å². The van der Waals surface area contributed by atoms with Crippen LogP contribution in [-0.4, -0.2) is 42.1 Å². The third-order valence-electron chi connectivity index (χ3n) is 2.49. The normalized spacial score (nSPS) is 10.0.